The van der Waals surface area contributed by atoms with Gasteiger partial charge in [-0.25, -0.2) is 4.98 Å². The summed E-state index contributed by atoms with van der Waals surface area (Å²) < 4.78 is 5.47. The zero-order valence-corrected chi connectivity index (χ0v) is 15.3. The van der Waals surface area contributed by atoms with Gasteiger partial charge in [0.1, 0.15) is 22.7 Å². The SMILES string of the molecule is COc1ccccc1[C@@H](CN=C[C@H](C#N)c1nc(C)cs1)[NH+](C)C. The molecule has 0 unspecified atom stereocenters. The van der Waals surface area contributed by atoms with Crippen LogP contribution in [0.5, 0.6) is 5.75 Å². The maximum atomic E-state index is 9.36. The van der Waals surface area contributed by atoms with Crippen LogP contribution in [0.25, 0.3) is 0 Å². The van der Waals surface area contributed by atoms with Gasteiger partial charge in [-0.2, -0.15) is 5.26 Å². The number of hydrogen-bond donors (Lipinski definition) is 1. The van der Waals surface area contributed by atoms with Gasteiger partial charge in [0.05, 0.1) is 39.4 Å². The molecule has 0 radical (unpaired) electrons. The summed E-state index contributed by atoms with van der Waals surface area (Å²) in [7, 11) is 5.87. The molecule has 2 aromatic rings. The summed E-state index contributed by atoms with van der Waals surface area (Å²) in [5.74, 6) is 0.477. The molecule has 0 bridgehead atoms. The lowest BCUT2D eigenvalue weighted by atomic mass is 10.0. The lowest BCUT2D eigenvalue weighted by Crippen LogP contribution is -3.06. The van der Waals surface area contributed by atoms with E-state index in [4.69, 9.17) is 4.74 Å². The predicted molar refractivity (Wildman–Crippen MR) is 97.1 cm³/mol. The third-order valence-electron chi connectivity index (χ3n) is 3.80. The number of benzene rings is 1. The van der Waals surface area contributed by atoms with Crippen LogP contribution in [0.1, 0.15) is 28.2 Å². The number of quaternary nitrogens is 1. The Morgan fingerprint density at radius 1 is 1.42 bits per heavy atom. The molecule has 0 saturated heterocycles. The number of likely N-dealkylation sites (N-methyl/N-ethyl adjacent to an activating group) is 1. The fourth-order valence-electron chi connectivity index (χ4n) is 2.49. The van der Waals surface area contributed by atoms with E-state index >= 15 is 0 Å². The minimum Gasteiger partial charge on any atom is -0.496 e. The van der Waals surface area contributed by atoms with E-state index in [2.05, 4.69) is 36.2 Å². The molecule has 1 aromatic heterocycles. The van der Waals surface area contributed by atoms with Gasteiger partial charge < -0.3 is 9.64 Å². The molecule has 0 fully saturated rings. The van der Waals surface area contributed by atoms with Crippen LogP contribution in [0, 0.1) is 18.3 Å². The number of rotatable bonds is 7. The van der Waals surface area contributed by atoms with Crippen molar-refractivity contribution in [3.05, 3.63) is 45.9 Å². The molecule has 126 valence electrons. The maximum absolute atomic E-state index is 9.36. The standard InChI is InChI=1S/C18H22N4OS/c1-13-12-24-18(21-13)14(9-19)10-20-11-16(22(2)3)15-7-5-6-8-17(15)23-4/h5-8,10,12,14,16H,11H2,1-4H3/p+1/t14-,16+/m0/s1. The van der Waals surface area contributed by atoms with Crippen LogP contribution in [0.3, 0.4) is 0 Å². The molecule has 0 aliphatic rings. The molecule has 0 aliphatic carbocycles. The van der Waals surface area contributed by atoms with E-state index in [0.717, 1.165) is 22.0 Å². The Morgan fingerprint density at radius 2 is 2.17 bits per heavy atom. The molecule has 24 heavy (non-hydrogen) atoms. The number of aromatic nitrogens is 1. The molecule has 0 spiro atoms. The Bertz CT molecular complexity index is 733. The first-order chi connectivity index (χ1) is 11.6. The van der Waals surface area contributed by atoms with Gasteiger partial charge in [-0.05, 0) is 19.1 Å². The predicted octanol–water partition coefficient (Wildman–Crippen LogP) is 2.02. The number of hydrogen-bond acceptors (Lipinski definition) is 5. The molecular formula is C18H23N4OS+. The quantitative estimate of drug-likeness (QED) is 0.783. The fraction of sp³-hybridized carbons (Fsp3) is 0.389. The molecule has 0 saturated carbocycles. The van der Waals surface area contributed by atoms with Crippen LogP contribution in [0.15, 0.2) is 34.6 Å². The Kier molecular flexibility index (Phi) is 6.47. The maximum Gasteiger partial charge on any atom is 0.136 e. The van der Waals surface area contributed by atoms with E-state index in [-0.39, 0.29) is 12.0 Å². The summed E-state index contributed by atoms with van der Waals surface area (Å²) in [4.78, 5) is 10.2. The van der Waals surface area contributed by atoms with Gasteiger partial charge in [-0.1, -0.05) is 12.1 Å². The van der Waals surface area contributed by atoms with Crippen molar-refractivity contribution in [2.45, 2.75) is 18.9 Å². The Balaban J connectivity index is 2.15. The highest BCUT2D eigenvalue weighted by Gasteiger charge is 2.21. The van der Waals surface area contributed by atoms with Crippen molar-refractivity contribution < 1.29 is 9.64 Å². The molecular weight excluding hydrogens is 320 g/mol. The number of nitrogens with zero attached hydrogens (tertiary/aromatic N) is 3. The Morgan fingerprint density at radius 3 is 2.75 bits per heavy atom. The zero-order valence-electron chi connectivity index (χ0n) is 14.5. The molecule has 1 aromatic carbocycles. The zero-order chi connectivity index (χ0) is 17.5. The van der Waals surface area contributed by atoms with Crippen LogP contribution in [-0.4, -0.2) is 38.9 Å². The van der Waals surface area contributed by atoms with E-state index in [9.17, 15) is 5.26 Å². The molecule has 5 nitrogen and oxygen atoms in total. The normalized spacial score (nSPS) is 13.8. The van der Waals surface area contributed by atoms with Crippen LogP contribution < -0.4 is 9.64 Å². The second-order valence-corrected chi connectivity index (χ2v) is 6.71. The van der Waals surface area contributed by atoms with Crippen molar-refractivity contribution in [3.8, 4) is 11.8 Å². The highest BCUT2D eigenvalue weighted by atomic mass is 32.1. The van der Waals surface area contributed by atoms with Gasteiger partial charge in [0, 0.05) is 17.3 Å². The summed E-state index contributed by atoms with van der Waals surface area (Å²) in [6, 6.07) is 10.4. The van der Waals surface area contributed by atoms with Gasteiger partial charge in [0.2, 0.25) is 0 Å². The number of methoxy groups -OCH3 is 1. The van der Waals surface area contributed by atoms with E-state index in [1.165, 1.54) is 16.2 Å². The van der Waals surface area contributed by atoms with E-state index < -0.39 is 0 Å². The minimum atomic E-state index is -0.390. The molecule has 2 atom stereocenters. The van der Waals surface area contributed by atoms with Crippen molar-refractivity contribution in [3.63, 3.8) is 0 Å². The summed E-state index contributed by atoms with van der Waals surface area (Å²) in [5, 5.41) is 12.1. The number of aryl methyl sites for hydroxylation is 1. The first kappa shape index (κ1) is 18.1. The van der Waals surface area contributed by atoms with Crippen LogP contribution in [0.4, 0.5) is 0 Å². The topological polar surface area (TPSA) is 62.7 Å². The Labute approximate surface area is 147 Å². The second-order valence-electron chi connectivity index (χ2n) is 5.82. The number of thiazole rings is 1. The first-order valence-electron chi connectivity index (χ1n) is 7.81. The molecule has 1 heterocycles. The van der Waals surface area contributed by atoms with E-state index in [1.54, 1.807) is 13.3 Å². The van der Waals surface area contributed by atoms with Gasteiger partial charge >= 0.3 is 0 Å². The van der Waals surface area contributed by atoms with E-state index in [0.29, 0.717) is 6.54 Å². The number of para-hydroxylation sites is 1. The van der Waals surface area contributed by atoms with Crippen LogP contribution >= 0.6 is 11.3 Å². The number of ether oxygens (including phenoxy) is 1. The molecule has 2 rings (SSSR count). The van der Waals surface area contributed by atoms with Gasteiger partial charge in [-0.3, -0.25) is 4.99 Å². The van der Waals surface area contributed by atoms with E-state index in [1.807, 2.05) is 30.5 Å². The smallest absolute Gasteiger partial charge is 0.136 e. The lowest BCUT2D eigenvalue weighted by molar-refractivity contribution is -0.890. The van der Waals surface area contributed by atoms with Gasteiger partial charge in [-0.15, -0.1) is 11.3 Å². The molecule has 0 aliphatic heterocycles. The van der Waals surface area contributed by atoms with Crippen molar-refractivity contribution in [1.82, 2.24) is 4.98 Å². The fourth-order valence-corrected chi connectivity index (χ4v) is 3.29. The largest absolute Gasteiger partial charge is 0.496 e. The van der Waals surface area contributed by atoms with Gasteiger partial charge in [0.25, 0.3) is 0 Å². The summed E-state index contributed by atoms with van der Waals surface area (Å²) in [6.45, 7) is 2.52. The van der Waals surface area contributed by atoms with Crippen LogP contribution in [0.2, 0.25) is 0 Å². The third-order valence-corrected chi connectivity index (χ3v) is 4.84. The van der Waals surface area contributed by atoms with Crippen molar-refractivity contribution >= 4 is 17.6 Å². The van der Waals surface area contributed by atoms with Crippen molar-refractivity contribution in [1.29, 1.82) is 5.26 Å². The molecule has 1 N–H and O–H groups in total. The highest BCUT2D eigenvalue weighted by Crippen LogP contribution is 2.23. The number of nitrogens with one attached hydrogen (secondary N) is 1. The average Bonchev–Trinajstić information content (AvgIpc) is 3.01. The van der Waals surface area contributed by atoms with Crippen molar-refractivity contribution in [2.75, 3.05) is 27.7 Å². The third kappa shape index (κ3) is 4.40. The highest BCUT2D eigenvalue weighted by molar-refractivity contribution is 7.09. The Hall–Kier alpha value is -2.23. The summed E-state index contributed by atoms with van der Waals surface area (Å²) >= 11 is 1.50. The lowest BCUT2D eigenvalue weighted by Gasteiger charge is -2.22. The van der Waals surface area contributed by atoms with Crippen LogP contribution in [-0.2, 0) is 0 Å². The number of nitriles is 1. The molecule has 0 amide bonds. The minimum absolute atomic E-state index is 0.162. The first-order valence-corrected chi connectivity index (χ1v) is 8.69. The summed E-state index contributed by atoms with van der Waals surface area (Å²) in [6.07, 6.45) is 1.71. The van der Waals surface area contributed by atoms with Crippen molar-refractivity contribution in [2.24, 2.45) is 4.99 Å². The molecule has 6 heteroatoms. The second kappa shape index (κ2) is 8.57. The monoisotopic (exact) mass is 343 g/mol. The van der Waals surface area contributed by atoms with Gasteiger partial charge in [0.15, 0.2) is 0 Å². The number of aliphatic imine (C=N–C) groups is 1. The average molecular weight is 343 g/mol. The summed E-state index contributed by atoms with van der Waals surface area (Å²) in [5.41, 5.74) is 2.06.